The zero-order chi connectivity index (χ0) is 15.4. The van der Waals surface area contributed by atoms with Gasteiger partial charge in [-0.15, -0.1) is 0 Å². The Morgan fingerprint density at radius 3 is 2.91 bits per heavy atom. The average molecular weight is 317 g/mol. The smallest absolute Gasteiger partial charge is 0.196 e. The Hall–Kier alpha value is -1.91. The quantitative estimate of drug-likeness (QED) is 0.680. The summed E-state index contributed by atoms with van der Waals surface area (Å²) in [5.74, 6) is 0.936. The molecule has 1 N–H and O–H groups in total. The molecule has 0 bridgehead atoms. The van der Waals surface area contributed by atoms with Crippen LogP contribution >= 0.6 is 11.6 Å². The number of aromatic nitrogens is 1. The molecule has 2 heterocycles. The minimum Gasteiger partial charge on any atom is -0.492 e. The Balaban J connectivity index is 1.76. The van der Waals surface area contributed by atoms with Gasteiger partial charge in [-0.1, -0.05) is 41.9 Å². The van der Waals surface area contributed by atoms with Gasteiger partial charge in [-0.2, -0.15) is 0 Å². The maximum absolute atomic E-state index is 12.5. The van der Waals surface area contributed by atoms with E-state index in [1.165, 1.54) is 0 Å². The number of pyridine rings is 1. The fourth-order valence-corrected chi connectivity index (χ4v) is 2.67. The van der Waals surface area contributed by atoms with Gasteiger partial charge in [0.25, 0.3) is 0 Å². The van der Waals surface area contributed by atoms with Crippen LogP contribution in [0.2, 0.25) is 5.15 Å². The molecule has 1 aromatic carbocycles. The molecule has 1 aromatic heterocycles. The first-order valence-corrected chi connectivity index (χ1v) is 7.70. The lowest BCUT2D eigenvalue weighted by atomic mass is 10.1. The molecule has 114 valence electrons. The van der Waals surface area contributed by atoms with E-state index in [1.54, 1.807) is 24.4 Å². The summed E-state index contributed by atoms with van der Waals surface area (Å²) in [5.41, 5.74) is 0.957. The number of nitrogens with zero attached hydrogens (tertiary/aromatic N) is 1. The summed E-state index contributed by atoms with van der Waals surface area (Å²) in [6.07, 6.45) is 2.67. The predicted octanol–water partition coefficient (Wildman–Crippen LogP) is 2.95. The topological polar surface area (TPSA) is 51.2 Å². The molecule has 4 nitrogen and oxygen atoms in total. The first kappa shape index (κ1) is 15.0. The summed E-state index contributed by atoms with van der Waals surface area (Å²) in [6.45, 7) is 2.62. The summed E-state index contributed by atoms with van der Waals surface area (Å²) in [5, 5.41) is 3.50. The van der Waals surface area contributed by atoms with Gasteiger partial charge in [-0.25, -0.2) is 4.98 Å². The third kappa shape index (κ3) is 3.46. The lowest BCUT2D eigenvalue weighted by Crippen LogP contribution is -2.15. The third-order valence-electron chi connectivity index (χ3n) is 3.74. The Labute approximate surface area is 134 Å². The number of ether oxygens (including phenoxy) is 1. The molecule has 5 heteroatoms. The molecule has 0 saturated carbocycles. The molecule has 1 saturated heterocycles. The van der Waals surface area contributed by atoms with Crippen molar-refractivity contribution in [1.29, 1.82) is 0 Å². The molecule has 0 amide bonds. The van der Waals surface area contributed by atoms with Crippen molar-refractivity contribution >= 4 is 17.4 Å². The summed E-state index contributed by atoms with van der Waals surface area (Å²) in [4.78, 5) is 16.6. The van der Waals surface area contributed by atoms with Crippen LogP contribution in [0.5, 0.6) is 5.75 Å². The fourth-order valence-electron chi connectivity index (χ4n) is 2.48. The first-order valence-electron chi connectivity index (χ1n) is 7.33. The summed E-state index contributed by atoms with van der Waals surface area (Å²) in [7, 11) is 0. The number of carbonyl (C=O) groups is 1. The summed E-state index contributed by atoms with van der Waals surface area (Å²) in [6, 6.07) is 10.7. The Morgan fingerprint density at radius 1 is 1.36 bits per heavy atom. The van der Waals surface area contributed by atoms with E-state index >= 15 is 0 Å². The molecular formula is C17H17ClN2O2. The molecule has 3 rings (SSSR count). The van der Waals surface area contributed by atoms with E-state index in [4.69, 9.17) is 16.3 Å². The van der Waals surface area contributed by atoms with Gasteiger partial charge in [0.05, 0.1) is 18.4 Å². The summed E-state index contributed by atoms with van der Waals surface area (Å²) < 4.78 is 5.76. The molecular weight excluding hydrogens is 300 g/mol. The van der Waals surface area contributed by atoms with E-state index in [9.17, 15) is 4.79 Å². The second-order valence-electron chi connectivity index (χ2n) is 5.37. The van der Waals surface area contributed by atoms with Crippen LogP contribution in [-0.4, -0.2) is 30.5 Å². The zero-order valence-electron chi connectivity index (χ0n) is 12.1. The number of ketones is 1. The number of halogens is 1. The monoisotopic (exact) mass is 316 g/mol. The highest BCUT2D eigenvalue weighted by Gasteiger charge is 2.17. The van der Waals surface area contributed by atoms with E-state index in [1.807, 2.05) is 18.2 Å². The van der Waals surface area contributed by atoms with Gasteiger partial charge in [-0.3, -0.25) is 4.79 Å². The standard InChI is InChI=1S/C17H17ClN2O2/c18-17-15(16(21)13-4-2-1-3-5-13)8-14(10-20-17)22-11-12-6-7-19-9-12/h1-5,8,10,12,19H,6-7,9,11H2/t12-/m0/s1. The van der Waals surface area contributed by atoms with Crippen LogP contribution in [-0.2, 0) is 0 Å². The summed E-state index contributed by atoms with van der Waals surface area (Å²) >= 11 is 6.07. The second-order valence-corrected chi connectivity index (χ2v) is 5.73. The number of carbonyl (C=O) groups excluding carboxylic acids is 1. The number of rotatable bonds is 5. The number of nitrogens with one attached hydrogen (secondary N) is 1. The Bertz CT molecular complexity index is 655. The van der Waals surface area contributed by atoms with Crippen molar-refractivity contribution in [2.24, 2.45) is 5.92 Å². The maximum atomic E-state index is 12.5. The minimum absolute atomic E-state index is 0.147. The molecule has 1 aliphatic heterocycles. The molecule has 1 atom stereocenters. The third-order valence-corrected chi connectivity index (χ3v) is 4.04. The lowest BCUT2D eigenvalue weighted by Gasteiger charge is -2.12. The lowest BCUT2D eigenvalue weighted by molar-refractivity contribution is 0.103. The van der Waals surface area contributed by atoms with Crippen molar-refractivity contribution in [3.63, 3.8) is 0 Å². The number of hydrogen-bond acceptors (Lipinski definition) is 4. The normalized spacial score (nSPS) is 17.4. The molecule has 0 aliphatic carbocycles. The van der Waals surface area contributed by atoms with Gasteiger partial charge >= 0.3 is 0 Å². The first-order chi connectivity index (χ1) is 10.7. The Morgan fingerprint density at radius 2 is 2.18 bits per heavy atom. The second kappa shape index (κ2) is 6.90. The predicted molar refractivity (Wildman–Crippen MR) is 85.6 cm³/mol. The Kier molecular flexibility index (Phi) is 4.71. The van der Waals surface area contributed by atoms with Crippen molar-refractivity contribution in [2.75, 3.05) is 19.7 Å². The van der Waals surface area contributed by atoms with Crippen LogP contribution < -0.4 is 10.1 Å². The van der Waals surface area contributed by atoms with Crippen LogP contribution in [0.15, 0.2) is 42.6 Å². The van der Waals surface area contributed by atoms with Gasteiger partial charge in [0.1, 0.15) is 10.9 Å². The number of hydrogen-bond donors (Lipinski definition) is 1. The van der Waals surface area contributed by atoms with E-state index in [2.05, 4.69) is 10.3 Å². The van der Waals surface area contributed by atoms with E-state index in [-0.39, 0.29) is 10.9 Å². The fraction of sp³-hybridized carbons (Fsp3) is 0.294. The molecule has 0 radical (unpaired) electrons. The highest BCUT2D eigenvalue weighted by molar-refractivity contribution is 6.33. The maximum Gasteiger partial charge on any atom is 0.196 e. The van der Waals surface area contributed by atoms with E-state index < -0.39 is 0 Å². The molecule has 22 heavy (non-hydrogen) atoms. The highest BCUT2D eigenvalue weighted by Crippen LogP contribution is 2.23. The van der Waals surface area contributed by atoms with Gasteiger partial charge < -0.3 is 10.1 Å². The van der Waals surface area contributed by atoms with Crippen molar-refractivity contribution in [3.05, 3.63) is 58.9 Å². The zero-order valence-corrected chi connectivity index (χ0v) is 12.8. The van der Waals surface area contributed by atoms with Crippen LogP contribution in [0.3, 0.4) is 0 Å². The van der Waals surface area contributed by atoms with Crippen molar-refractivity contribution in [2.45, 2.75) is 6.42 Å². The van der Waals surface area contributed by atoms with E-state index in [0.29, 0.717) is 29.4 Å². The van der Waals surface area contributed by atoms with Gasteiger partial charge in [0, 0.05) is 18.0 Å². The largest absolute Gasteiger partial charge is 0.492 e. The molecule has 1 aliphatic rings. The average Bonchev–Trinajstić information content (AvgIpc) is 3.08. The minimum atomic E-state index is -0.147. The molecule has 0 spiro atoms. The molecule has 0 unspecified atom stereocenters. The van der Waals surface area contributed by atoms with Crippen molar-refractivity contribution < 1.29 is 9.53 Å². The number of benzene rings is 1. The van der Waals surface area contributed by atoms with Gasteiger partial charge in [0.15, 0.2) is 5.78 Å². The van der Waals surface area contributed by atoms with E-state index in [0.717, 1.165) is 19.5 Å². The molecule has 2 aromatic rings. The van der Waals surface area contributed by atoms with Crippen LogP contribution in [0.4, 0.5) is 0 Å². The highest BCUT2D eigenvalue weighted by atomic mass is 35.5. The van der Waals surface area contributed by atoms with Crippen LogP contribution in [0.1, 0.15) is 22.3 Å². The van der Waals surface area contributed by atoms with Gasteiger partial charge in [-0.05, 0) is 19.0 Å². The van der Waals surface area contributed by atoms with Gasteiger partial charge in [0.2, 0.25) is 0 Å². The SMILES string of the molecule is O=C(c1ccccc1)c1cc(OC[C@H]2CCNC2)cnc1Cl. The van der Waals surface area contributed by atoms with Crippen LogP contribution in [0.25, 0.3) is 0 Å². The van der Waals surface area contributed by atoms with Crippen molar-refractivity contribution in [1.82, 2.24) is 10.3 Å². The molecule has 1 fully saturated rings. The van der Waals surface area contributed by atoms with Crippen LogP contribution in [0, 0.1) is 5.92 Å². The van der Waals surface area contributed by atoms with Crippen molar-refractivity contribution in [3.8, 4) is 5.75 Å².